The minimum Gasteiger partial charge on any atom is -0.501 e. The Balaban J connectivity index is 1.72. The first kappa shape index (κ1) is 32.6. The van der Waals surface area contributed by atoms with Crippen molar-refractivity contribution in [3.8, 4) is 0 Å². The lowest BCUT2D eigenvalue weighted by Crippen LogP contribution is -2.46. The highest BCUT2D eigenvalue weighted by Crippen LogP contribution is 2.43. The molecule has 0 aromatic heterocycles. The van der Waals surface area contributed by atoms with Gasteiger partial charge in [0.2, 0.25) is 17.6 Å². The zero-order valence-electron chi connectivity index (χ0n) is 23.2. The average molecular weight is 617 g/mol. The maximum absolute atomic E-state index is 13.2. The van der Waals surface area contributed by atoms with Crippen molar-refractivity contribution in [2.75, 3.05) is 37.0 Å². The van der Waals surface area contributed by atoms with Crippen molar-refractivity contribution in [3.05, 3.63) is 10.7 Å². The Morgan fingerprint density at radius 2 is 1.49 bits per heavy atom. The number of thioether (sulfide) groups is 2. The summed E-state index contributed by atoms with van der Waals surface area (Å²) in [4.78, 5) is 77.1. The highest BCUT2D eigenvalue weighted by Gasteiger charge is 2.56. The van der Waals surface area contributed by atoms with E-state index in [1.165, 1.54) is 9.80 Å². The van der Waals surface area contributed by atoms with Gasteiger partial charge in [0.05, 0.1) is 11.5 Å². The van der Waals surface area contributed by atoms with Gasteiger partial charge >= 0.3 is 23.9 Å². The summed E-state index contributed by atoms with van der Waals surface area (Å²) in [5, 5.41) is 29.4. The van der Waals surface area contributed by atoms with Crippen molar-refractivity contribution in [2.24, 2.45) is 11.8 Å². The van der Waals surface area contributed by atoms with Crippen LogP contribution < -0.4 is 0 Å². The molecule has 0 aromatic carbocycles. The Bertz CT molecular complexity index is 1110. The van der Waals surface area contributed by atoms with Crippen LogP contribution in [-0.2, 0) is 38.2 Å². The lowest BCUT2D eigenvalue weighted by molar-refractivity contribution is -0.169. The largest absolute Gasteiger partial charge is 0.501 e. The first-order valence-electron chi connectivity index (χ1n) is 13.5. The summed E-state index contributed by atoms with van der Waals surface area (Å²) < 4.78 is 10.6. The van der Waals surface area contributed by atoms with E-state index >= 15 is 0 Å². The Hall–Kier alpha value is -2.94. The summed E-state index contributed by atoms with van der Waals surface area (Å²) in [6, 6.07) is -1.79. The van der Waals surface area contributed by atoms with Gasteiger partial charge in [0.25, 0.3) is 5.60 Å². The van der Waals surface area contributed by atoms with Crippen molar-refractivity contribution in [1.82, 2.24) is 9.80 Å². The zero-order chi connectivity index (χ0) is 30.5. The summed E-state index contributed by atoms with van der Waals surface area (Å²) in [6.07, 6.45) is 1.89. The van der Waals surface area contributed by atoms with Crippen LogP contribution >= 0.6 is 23.5 Å². The predicted octanol–water partition coefficient (Wildman–Crippen LogP) is 1.50. The quantitative estimate of drug-likeness (QED) is 0.253. The van der Waals surface area contributed by atoms with E-state index in [-0.39, 0.29) is 34.7 Å². The molecular formula is C26H36N2O11S2. The third-order valence-electron chi connectivity index (χ3n) is 7.28. The number of rotatable bonds is 13. The third-order valence-corrected chi connectivity index (χ3v) is 10.1. The van der Waals surface area contributed by atoms with Gasteiger partial charge in [0.15, 0.2) is 0 Å². The Labute approximate surface area is 246 Å². The van der Waals surface area contributed by atoms with E-state index in [4.69, 9.17) is 9.47 Å². The normalized spacial score (nSPS) is 25.7. The van der Waals surface area contributed by atoms with Crippen LogP contribution in [-0.4, -0.2) is 115 Å². The SMILES string of the molecule is CCOC(=O)C1(CSC[C@H](C)C(=O)N2CCCC2C(=O)O)OC(=O)C(O)=C1SC[C@H](C)C(=O)N1CCC[C@H]1C(=O)O. The fourth-order valence-electron chi connectivity index (χ4n) is 5.13. The smallest absolute Gasteiger partial charge is 0.375 e. The number of ether oxygens (including phenoxy) is 2. The van der Waals surface area contributed by atoms with Gasteiger partial charge in [-0.25, -0.2) is 19.2 Å². The third kappa shape index (κ3) is 6.93. The summed E-state index contributed by atoms with van der Waals surface area (Å²) in [5.74, 6) is -7.02. The summed E-state index contributed by atoms with van der Waals surface area (Å²) >= 11 is 1.99. The van der Waals surface area contributed by atoms with Gasteiger partial charge in [-0.1, -0.05) is 13.8 Å². The highest BCUT2D eigenvalue weighted by molar-refractivity contribution is 8.03. The molecule has 0 spiro atoms. The fourth-order valence-corrected chi connectivity index (χ4v) is 7.65. The number of likely N-dealkylation sites (tertiary alicyclic amines) is 2. The van der Waals surface area contributed by atoms with Crippen LogP contribution in [0.15, 0.2) is 10.7 Å². The van der Waals surface area contributed by atoms with Crippen molar-refractivity contribution in [2.45, 2.75) is 64.1 Å². The number of cyclic esters (lactones) is 1. The molecule has 5 atom stereocenters. The van der Waals surface area contributed by atoms with E-state index in [1.807, 2.05) is 0 Å². The summed E-state index contributed by atoms with van der Waals surface area (Å²) in [7, 11) is 0. The van der Waals surface area contributed by atoms with Crippen LogP contribution in [0.3, 0.4) is 0 Å². The molecule has 3 aliphatic rings. The minimum atomic E-state index is -2.01. The molecule has 0 aliphatic carbocycles. The van der Waals surface area contributed by atoms with Gasteiger partial charge < -0.3 is 34.6 Å². The minimum absolute atomic E-state index is 0.0178. The van der Waals surface area contributed by atoms with E-state index in [0.29, 0.717) is 38.8 Å². The van der Waals surface area contributed by atoms with Gasteiger partial charge in [0, 0.05) is 42.2 Å². The predicted molar refractivity (Wildman–Crippen MR) is 148 cm³/mol. The van der Waals surface area contributed by atoms with E-state index < -0.39 is 65.1 Å². The topological polar surface area (TPSA) is 188 Å². The van der Waals surface area contributed by atoms with Crippen LogP contribution in [0.4, 0.5) is 0 Å². The molecule has 2 unspecified atom stereocenters. The Kier molecular flexibility index (Phi) is 11.0. The lowest BCUT2D eigenvalue weighted by Gasteiger charge is -2.29. The second-order valence-electron chi connectivity index (χ2n) is 10.3. The second-order valence-corrected chi connectivity index (χ2v) is 12.4. The number of aliphatic carboxylic acids is 2. The van der Waals surface area contributed by atoms with E-state index in [2.05, 4.69) is 0 Å². The summed E-state index contributed by atoms with van der Waals surface area (Å²) in [6.45, 7) is 5.42. The highest BCUT2D eigenvalue weighted by atomic mass is 32.2. The number of carbonyl (C=O) groups is 6. The molecule has 3 heterocycles. The standard InChI is InChI=1S/C26H36N2O11S2/c1-4-38-25(37)26(13-40-11-14(2)20(30)27-9-5-7-16(27)22(32)33)19(18(29)24(36)39-26)41-12-15(3)21(31)28-10-6-8-17(28)23(34)35/h14-17,29H,4-13H2,1-3H3,(H,32,33)(H,34,35)/t14-,15-,16?,17-,26?/m0/s1. The molecular weight excluding hydrogens is 580 g/mol. The number of carboxylic acids is 2. The van der Waals surface area contributed by atoms with Crippen molar-refractivity contribution < 1.29 is 53.6 Å². The molecule has 3 rings (SSSR count). The molecule has 228 valence electrons. The van der Waals surface area contributed by atoms with E-state index in [0.717, 1.165) is 23.5 Å². The van der Waals surface area contributed by atoms with Crippen LogP contribution in [0.2, 0.25) is 0 Å². The molecule has 13 nitrogen and oxygen atoms in total. The molecule has 2 saturated heterocycles. The second kappa shape index (κ2) is 13.8. The van der Waals surface area contributed by atoms with Crippen molar-refractivity contribution in [1.29, 1.82) is 0 Å². The number of aliphatic hydroxyl groups is 1. The monoisotopic (exact) mass is 616 g/mol. The molecule has 41 heavy (non-hydrogen) atoms. The Morgan fingerprint density at radius 1 is 0.976 bits per heavy atom. The average Bonchev–Trinajstić information content (AvgIpc) is 3.66. The van der Waals surface area contributed by atoms with Crippen LogP contribution in [0.1, 0.15) is 46.5 Å². The number of hydrogen-bond donors (Lipinski definition) is 3. The number of esters is 2. The van der Waals surface area contributed by atoms with Crippen LogP contribution in [0.25, 0.3) is 0 Å². The maximum atomic E-state index is 13.2. The van der Waals surface area contributed by atoms with Crippen molar-refractivity contribution in [3.63, 3.8) is 0 Å². The fraction of sp³-hybridized carbons (Fsp3) is 0.692. The Morgan fingerprint density at radius 3 is 1.98 bits per heavy atom. The zero-order valence-corrected chi connectivity index (χ0v) is 24.8. The number of aliphatic hydroxyl groups excluding tert-OH is 1. The van der Waals surface area contributed by atoms with Gasteiger partial charge in [-0.3, -0.25) is 9.59 Å². The molecule has 2 fully saturated rings. The molecule has 0 radical (unpaired) electrons. The summed E-state index contributed by atoms with van der Waals surface area (Å²) in [5.41, 5.74) is -2.01. The number of nitrogens with zero attached hydrogens (tertiary/aromatic N) is 2. The van der Waals surface area contributed by atoms with Crippen LogP contribution in [0, 0.1) is 11.8 Å². The molecule has 0 saturated carbocycles. The molecule has 0 bridgehead atoms. The van der Waals surface area contributed by atoms with Gasteiger partial charge in [-0.2, -0.15) is 11.8 Å². The number of amides is 2. The molecule has 2 amide bonds. The number of carbonyl (C=O) groups excluding carboxylic acids is 4. The van der Waals surface area contributed by atoms with E-state index in [1.54, 1.807) is 20.8 Å². The van der Waals surface area contributed by atoms with Crippen LogP contribution in [0.5, 0.6) is 0 Å². The molecule has 15 heteroatoms. The number of hydrogen-bond acceptors (Lipinski definition) is 11. The van der Waals surface area contributed by atoms with Gasteiger partial charge in [-0.15, -0.1) is 11.8 Å². The lowest BCUT2D eigenvalue weighted by atomic mass is 10.1. The van der Waals surface area contributed by atoms with Gasteiger partial charge in [0.1, 0.15) is 12.1 Å². The number of carboxylic acid groups (broad SMARTS) is 2. The molecule has 3 N–H and O–H groups in total. The molecule has 0 aromatic rings. The van der Waals surface area contributed by atoms with E-state index in [9.17, 15) is 44.1 Å². The molecule has 3 aliphatic heterocycles. The van der Waals surface area contributed by atoms with Gasteiger partial charge in [-0.05, 0) is 32.6 Å². The van der Waals surface area contributed by atoms with Crippen molar-refractivity contribution >= 4 is 59.2 Å². The first-order chi connectivity index (χ1) is 19.3. The first-order valence-corrected chi connectivity index (χ1v) is 15.6. The maximum Gasteiger partial charge on any atom is 0.375 e.